The topological polar surface area (TPSA) is 111 Å². The third-order valence-electron chi connectivity index (χ3n) is 4.99. The number of nitrogens with one attached hydrogen (secondary N) is 2. The number of aromatic amines is 1. The van der Waals surface area contributed by atoms with Gasteiger partial charge in [0.15, 0.2) is 0 Å². The van der Waals surface area contributed by atoms with Crippen LogP contribution in [0.5, 0.6) is 0 Å². The van der Waals surface area contributed by atoms with Crippen LogP contribution in [0.15, 0.2) is 36.7 Å². The average molecular weight is 346 g/mol. The lowest BCUT2D eigenvalue weighted by molar-refractivity contribution is 0.206. The van der Waals surface area contributed by atoms with E-state index in [1.165, 1.54) is 0 Å². The molecule has 0 bridgehead atoms. The van der Waals surface area contributed by atoms with Crippen LogP contribution in [0.4, 0.5) is 11.8 Å². The van der Waals surface area contributed by atoms with Gasteiger partial charge in [0.25, 0.3) is 0 Å². The molecule has 130 valence electrons. The van der Waals surface area contributed by atoms with Crippen LogP contribution >= 0.6 is 0 Å². The highest BCUT2D eigenvalue weighted by Crippen LogP contribution is 2.42. The molecule has 2 aromatic heterocycles. The number of hydrogen-bond acceptors (Lipinski definition) is 6. The first-order chi connectivity index (χ1) is 12.6. The monoisotopic (exact) mass is 346 g/mol. The third-order valence-corrected chi connectivity index (χ3v) is 4.99. The summed E-state index contributed by atoms with van der Waals surface area (Å²) in [6, 6.07) is 9.80. The zero-order valence-electron chi connectivity index (χ0n) is 14.3. The van der Waals surface area contributed by atoms with Crippen molar-refractivity contribution < 1.29 is 5.11 Å². The van der Waals surface area contributed by atoms with Crippen molar-refractivity contribution in [3.05, 3.63) is 53.3 Å². The Balaban J connectivity index is 1.77. The maximum atomic E-state index is 9.86. The molecule has 0 spiro atoms. The number of rotatable bonds is 4. The summed E-state index contributed by atoms with van der Waals surface area (Å²) >= 11 is 0. The average Bonchev–Trinajstić information content (AvgIpc) is 3.30. The zero-order valence-corrected chi connectivity index (χ0v) is 14.3. The highest BCUT2D eigenvalue weighted by atomic mass is 16.3. The number of hydrogen-bond donors (Lipinski definition) is 3. The standard InChI is InChI=1S/C19H18N6O/c1-19(11-26)5-2-14-13(10-20)8-12(9-15(14)19)16-3-6-21-18(23-16)24-17-4-7-22-25-17/h3-4,6-9,26H,2,5,11H2,1H3,(H2,21,22,23,24,25). The minimum absolute atomic E-state index is 0.0602. The van der Waals surface area contributed by atoms with E-state index >= 15 is 0 Å². The lowest BCUT2D eigenvalue weighted by Crippen LogP contribution is -2.23. The molecule has 4 rings (SSSR count). The number of benzene rings is 1. The van der Waals surface area contributed by atoms with Crippen LogP contribution < -0.4 is 5.32 Å². The molecule has 7 heteroatoms. The van der Waals surface area contributed by atoms with Gasteiger partial charge in [0, 0.05) is 23.2 Å². The molecule has 0 saturated heterocycles. The van der Waals surface area contributed by atoms with E-state index in [-0.39, 0.29) is 12.0 Å². The smallest absolute Gasteiger partial charge is 0.228 e. The minimum Gasteiger partial charge on any atom is -0.395 e. The van der Waals surface area contributed by atoms with E-state index < -0.39 is 0 Å². The second kappa shape index (κ2) is 6.24. The van der Waals surface area contributed by atoms with E-state index in [0.29, 0.717) is 23.0 Å². The molecule has 1 aliphatic rings. The Hall–Kier alpha value is -3.24. The lowest BCUT2D eigenvalue weighted by atomic mass is 9.83. The second-order valence-electron chi connectivity index (χ2n) is 6.74. The Bertz CT molecular complexity index is 992. The maximum Gasteiger partial charge on any atom is 0.228 e. The summed E-state index contributed by atoms with van der Waals surface area (Å²) in [6.45, 7) is 2.10. The van der Waals surface area contributed by atoms with Crippen molar-refractivity contribution in [2.24, 2.45) is 0 Å². The normalized spacial score (nSPS) is 18.3. The van der Waals surface area contributed by atoms with E-state index in [0.717, 1.165) is 29.5 Å². The summed E-state index contributed by atoms with van der Waals surface area (Å²) in [4.78, 5) is 8.78. The molecular formula is C19H18N6O. The maximum absolute atomic E-state index is 9.86. The first kappa shape index (κ1) is 16.2. The fourth-order valence-corrected chi connectivity index (χ4v) is 3.45. The third kappa shape index (κ3) is 2.70. The van der Waals surface area contributed by atoms with Gasteiger partial charge >= 0.3 is 0 Å². The van der Waals surface area contributed by atoms with Crippen molar-refractivity contribution in [3.63, 3.8) is 0 Å². The summed E-state index contributed by atoms with van der Waals surface area (Å²) in [5.74, 6) is 1.14. The highest BCUT2D eigenvalue weighted by molar-refractivity contribution is 5.67. The summed E-state index contributed by atoms with van der Waals surface area (Å²) < 4.78 is 0. The van der Waals surface area contributed by atoms with Crippen LogP contribution in [-0.2, 0) is 11.8 Å². The summed E-state index contributed by atoms with van der Waals surface area (Å²) in [6.07, 6.45) is 4.96. The Morgan fingerprint density at radius 2 is 2.23 bits per heavy atom. The first-order valence-corrected chi connectivity index (χ1v) is 8.41. The van der Waals surface area contributed by atoms with Crippen molar-refractivity contribution in [1.29, 1.82) is 5.26 Å². The van der Waals surface area contributed by atoms with Gasteiger partial charge in [-0.05, 0) is 42.2 Å². The molecule has 1 aliphatic carbocycles. The van der Waals surface area contributed by atoms with E-state index in [2.05, 4.69) is 31.6 Å². The second-order valence-corrected chi connectivity index (χ2v) is 6.74. The molecule has 2 heterocycles. The van der Waals surface area contributed by atoms with Gasteiger partial charge in [-0.15, -0.1) is 0 Å². The molecule has 0 fully saturated rings. The number of aliphatic hydroxyl groups excluding tert-OH is 1. The quantitative estimate of drug-likeness (QED) is 0.670. The summed E-state index contributed by atoms with van der Waals surface area (Å²) in [7, 11) is 0. The summed E-state index contributed by atoms with van der Waals surface area (Å²) in [5, 5.41) is 29.2. The van der Waals surface area contributed by atoms with Crippen molar-refractivity contribution in [2.75, 3.05) is 11.9 Å². The number of nitriles is 1. The Kier molecular flexibility index (Phi) is 3.90. The van der Waals surface area contributed by atoms with Crippen LogP contribution in [0, 0.1) is 11.3 Å². The lowest BCUT2D eigenvalue weighted by Gasteiger charge is -2.23. The van der Waals surface area contributed by atoms with Crippen molar-refractivity contribution in [2.45, 2.75) is 25.2 Å². The van der Waals surface area contributed by atoms with Gasteiger partial charge in [-0.1, -0.05) is 6.92 Å². The van der Waals surface area contributed by atoms with Gasteiger partial charge < -0.3 is 10.4 Å². The van der Waals surface area contributed by atoms with Crippen LogP contribution in [0.1, 0.15) is 30.0 Å². The van der Waals surface area contributed by atoms with E-state index in [9.17, 15) is 10.4 Å². The molecule has 7 nitrogen and oxygen atoms in total. The number of anilines is 2. The van der Waals surface area contributed by atoms with Gasteiger partial charge in [0.05, 0.1) is 30.1 Å². The number of nitrogens with zero attached hydrogens (tertiary/aromatic N) is 4. The minimum atomic E-state index is -0.318. The van der Waals surface area contributed by atoms with Gasteiger partial charge in [-0.3, -0.25) is 5.10 Å². The van der Waals surface area contributed by atoms with Crippen molar-refractivity contribution >= 4 is 11.8 Å². The van der Waals surface area contributed by atoms with Crippen LogP contribution in [0.25, 0.3) is 11.3 Å². The zero-order chi connectivity index (χ0) is 18.1. The highest BCUT2D eigenvalue weighted by Gasteiger charge is 2.35. The molecule has 0 amide bonds. The van der Waals surface area contributed by atoms with Crippen LogP contribution in [0.2, 0.25) is 0 Å². The first-order valence-electron chi connectivity index (χ1n) is 8.41. The number of fused-ring (bicyclic) bond motifs is 1. The molecule has 26 heavy (non-hydrogen) atoms. The fourth-order valence-electron chi connectivity index (χ4n) is 3.45. The van der Waals surface area contributed by atoms with Gasteiger partial charge in [0.1, 0.15) is 5.82 Å². The molecule has 3 N–H and O–H groups in total. The molecule has 1 atom stereocenters. The summed E-state index contributed by atoms with van der Waals surface area (Å²) in [5.41, 5.74) is 3.97. The van der Waals surface area contributed by atoms with Gasteiger partial charge in [-0.2, -0.15) is 10.4 Å². The molecule has 0 saturated carbocycles. The Morgan fingerprint density at radius 3 is 2.96 bits per heavy atom. The van der Waals surface area contributed by atoms with E-state index in [4.69, 9.17) is 0 Å². The van der Waals surface area contributed by atoms with E-state index in [1.54, 1.807) is 18.5 Å². The molecule has 3 aromatic rings. The predicted molar refractivity (Wildman–Crippen MR) is 96.8 cm³/mol. The number of H-pyrrole nitrogens is 1. The Morgan fingerprint density at radius 1 is 1.35 bits per heavy atom. The van der Waals surface area contributed by atoms with Crippen LogP contribution in [-0.4, -0.2) is 31.9 Å². The number of aliphatic hydroxyl groups is 1. The molecule has 1 unspecified atom stereocenters. The van der Waals surface area contributed by atoms with Crippen LogP contribution in [0.3, 0.4) is 0 Å². The van der Waals surface area contributed by atoms with Crippen molar-refractivity contribution in [3.8, 4) is 17.3 Å². The molecule has 0 aliphatic heterocycles. The largest absolute Gasteiger partial charge is 0.395 e. The number of aromatic nitrogens is 4. The fraction of sp³-hybridized carbons (Fsp3) is 0.263. The van der Waals surface area contributed by atoms with Gasteiger partial charge in [0.2, 0.25) is 5.95 Å². The van der Waals surface area contributed by atoms with E-state index in [1.807, 2.05) is 25.1 Å². The molecular weight excluding hydrogens is 328 g/mol. The molecule has 1 aromatic carbocycles. The predicted octanol–water partition coefficient (Wildman–Crippen LogP) is 2.68. The van der Waals surface area contributed by atoms with Gasteiger partial charge in [-0.25, -0.2) is 9.97 Å². The van der Waals surface area contributed by atoms with Crippen molar-refractivity contribution in [1.82, 2.24) is 20.2 Å². The molecule has 0 radical (unpaired) electrons. The SMILES string of the molecule is CC1(CO)CCc2c(C#N)cc(-c3ccnc(Nc4ccn[nH]4)n3)cc21. The Labute approximate surface area is 150 Å².